The van der Waals surface area contributed by atoms with Crippen molar-refractivity contribution in [3.63, 3.8) is 0 Å². The number of fused-ring (bicyclic) bond motifs is 1. The Labute approximate surface area is 197 Å². The van der Waals surface area contributed by atoms with Crippen LogP contribution in [0.5, 0.6) is 5.75 Å². The lowest BCUT2D eigenvalue weighted by molar-refractivity contribution is -0.120. The number of halogens is 1. The molecule has 0 saturated carbocycles. The molecule has 2 amide bonds. The van der Waals surface area contributed by atoms with E-state index in [4.69, 9.17) is 16.3 Å². The van der Waals surface area contributed by atoms with E-state index in [1.165, 1.54) is 16.0 Å². The van der Waals surface area contributed by atoms with Crippen LogP contribution in [0.2, 0.25) is 5.02 Å². The number of hydrogen-bond donors (Lipinski definition) is 0. The van der Waals surface area contributed by atoms with Gasteiger partial charge in [0.2, 0.25) is 0 Å². The van der Waals surface area contributed by atoms with Gasteiger partial charge >= 0.3 is 0 Å². The molecule has 5 nitrogen and oxygen atoms in total. The molecule has 3 aromatic rings. The first-order valence-corrected chi connectivity index (χ1v) is 11.4. The summed E-state index contributed by atoms with van der Waals surface area (Å²) in [4.78, 5) is 30.7. The van der Waals surface area contributed by atoms with Gasteiger partial charge in [-0.25, -0.2) is 4.90 Å². The third kappa shape index (κ3) is 3.89. The molecule has 0 unspecified atom stereocenters. The second-order valence-corrected chi connectivity index (χ2v) is 8.48. The van der Waals surface area contributed by atoms with Crippen LogP contribution in [0.15, 0.2) is 78.5 Å². The van der Waals surface area contributed by atoms with Crippen LogP contribution < -0.4 is 9.64 Å². The maximum atomic E-state index is 13.7. The van der Waals surface area contributed by atoms with Crippen LogP contribution in [0.4, 0.5) is 5.69 Å². The minimum atomic E-state index is -0.333. The molecule has 3 aromatic carbocycles. The van der Waals surface area contributed by atoms with Crippen molar-refractivity contribution < 1.29 is 14.3 Å². The van der Waals surface area contributed by atoms with E-state index < -0.39 is 0 Å². The van der Waals surface area contributed by atoms with Crippen molar-refractivity contribution >= 4 is 34.7 Å². The summed E-state index contributed by atoms with van der Waals surface area (Å²) in [5.41, 5.74) is 4.50. The molecule has 6 heteroatoms. The highest BCUT2D eigenvalue weighted by Crippen LogP contribution is 2.37. The second kappa shape index (κ2) is 8.75. The van der Waals surface area contributed by atoms with Crippen LogP contribution in [-0.4, -0.2) is 29.9 Å². The van der Waals surface area contributed by atoms with Gasteiger partial charge in [0, 0.05) is 18.1 Å². The highest BCUT2D eigenvalue weighted by atomic mass is 35.5. The van der Waals surface area contributed by atoms with Gasteiger partial charge in [-0.1, -0.05) is 48.0 Å². The molecule has 0 radical (unpaired) electrons. The summed E-state index contributed by atoms with van der Waals surface area (Å²) in [6.07, 6.45) is 0.818. The fourth-order valence-electron chi connectivity index (χ4n) is 4.47. The van der Waals surface area contributed by atoms with E-state index in [0.29, 0.717) is 53.0 Å². The number of benzene rings is 3. The number of ether oxygens (including phenoxy) is 1. The van der Waals surface area contributed by atoms with Crippen LogP contribution >= 0.6 is 11.6 Å². The zero-order valence-corrected chi connectivity index (χ0v) is 19.0. The fourth-order valence-corrected chi connectivity index (χ4v) is 4.59. The highest BCUT2D eigenvalue weighted by Gasteiger charge is 2.43. The summed E-state index contributed by atoms with van der Waals surface area (Å²) in [6.45, 7) is 3.70. The Morgan fingerprint density at radius 3 is 2.27 bits per heavy atom. The molecule has 166 valence electrons. The molecule has 33 heavy (non-hydrogen) atoms. The van der Waals surface area contributed by atoms with Gasteiger partial charge in [0.25, 0.3) is 11.8 Å². The maximum Gasteiger partial charge on any atom is 0.282 e. The van der Waals surface area contributed by atoms with Gasteiger partial charge in [0.05, 0.1) is 17.9 Å². The standard InChI is InChI=1S/C27H23ClN2O3/c1-2-33-23-13-11-22(12-14-23)30-26(31)24(19-7-9-21(28)10-8-19)25(27(30)32)29-16-15-18-5-3-4-6-20(18)17-29/h3-14H,2,15-17H2,1H3. The number of carbonyl (C=O) groups excluding carboxylic acids is 2. The normalized spacial score (nSPS) is 15.8. The first-order valence-electron chi connectivity index (χ1n) is 11.0. The van der Waals surface area contributed by atoms with Crippen molar-refractivity contribution in [1.29, 1.82) is 0 Å². The van der Waals surface area contributed by atoms with E-state index in [1.54, 1.807) is 48.5 Å². The number of hydrogen-bond acceptors (Lipinski definition) is 4. The minimum absolute atomic E-state index is 0.312. The molecule has 0 bridgehead atoms. The molecule has 2 heterocycles. The number of amides is 2. The average Bonchev–Trinajstić information content (AvgIpc) is 3.10. The molecule has 2 aliphatic heterocycles. The first kappa shape index (κ1) is 21.3. The molecular weight excluding hydrogens is 436 g/mol. The van der Waals surface area contributed by atoms with Gasteiger partial charge in [0.15, 0.2) is 0 Å². The van der Waals surface area contributed by atoms with Crippen molar-refractivity contribution in [3.05, 3.63) is 100 Å². The number of rotatable bonds is 5. The Bertz CT molecular complexity index is 1250. The summed E-state index contributed by atoms with van der Waals surface area (Å²) in [5, 5.41) is 0.577. The SMILES string of the molecule is CCOc1ccc(N2C(=O)C(c3ccc(Cl)cc3)=C(N3CCc4ccccc4C3)C2=O)cc1. The third-order valence-electron chi connectivity index (χ3n) is 6.05. The zero-order chi connectivity index (χ0) is 22.9. The summed E-state index contributed by atoms with van der Waals surface area (Å²) < 4.78 is 5.51. The Hall–Kier alpha value is -3.57. The second-order valence-electron chi connectivity index (χ2n) is 8.04. The zero-order valence-electron chi connectivity index (χ0n) is 18.3. The van der Waals surface area contributed by atoms with Crippen molar-refractivity contribution in [3.8, 4) is 5.75 Å². The molecular formula is C27H23ClN2O3. The largest absolute Gasteiger partial charge is 0.494 e. The molecule has 0 atom stereocenters. The molecule has 0 fully saturated rings. The van der Waals surface area contributed by atoms with Gasteiger partial charge in [-0.3, -0.25) is 9.59 Å². The van der Waals surface area contributed by atoms with Crippen LogP contribution in [0.1, 0.15) is 23.6 Å². The van der Waals surface area contributed by atoms with Gasteiger partial charge < -0.3 is 9.64 Å². The predicted molar refractivity (Wildman–Crippen MR) is 129 cm³/mol. The summed E-state index contributed by atoms with van der Waals surface area (Å²) in [6, 6.07) is 22.3. The third-order valence-corrected chi connectivity index (χ3v) is 6.30. The van der Waals surface area contributed by atoms with Crippen LogP contribution in [-0.2, 0) is 22.6 Å². The molecule has 0 spiro atoms. The van der Waals surface area contributed by atoms with Crippen molar-refractivity contribution in [2.24, 2.45) is 0 Å². The van der Waals surface area contributed by atoms with Crippen LogP contribution in [0, 0.1) is 0 Å². The van der Waals surface area contributed by atoms with E-state index in [1.807, 2.05) is 24.0 Å². The first-order chi connectivity index (χ1) is 16.1. The van der Waals surface area contributed by atoms with Crippen molar-refractivity contribution in [2.75, 3.05) is 18.1 Å². The van der Waals surface area contributed by atoms with Crippen LogP contribution in [0.25, 0.3) is 5.57 Å². The Balaban J connectivity index is 1.57. The topological polar surface area (TPSA) is 49.9 Å². The van der Waals surface area contributed by atoms with Crippen molar-refractivity contribution in [1.82, 2.24) is 4.90 Å². The lowest BCUT2D eigenvalue weighted by Crippen LogP contribution is -2.37. The Kier molecular flexibility index (Phi) is 5.65. The lowest BCUT2D eigenvalue weighted by Gasteiger charge is -2.31. The fraction of sp³-hybridized carbons (Fsp3) is 0.185. The number of anilines is 1. The molecule has 0 aromatic heterocycles. The van der Waals surface area contributed by atoms with E-state index >= 15 is 0 Å². The predicted octanol–water partition coefficient (Wildman–Crippen LogP) is 5.08. The summed E-state index contributed by atoms with van der Waals surface area (Å²) in [5.74, 6) is 0.0490. The quantitative estimate of drug-likeness (QED) is 0.500. The molecule has 0 N–H and O–H groups in total. The smallest absolute Gasteiger partial charge is 0.282 e. The summed E-state index contributed by atoms with van der Waals surface area (Å²) in [7, 11) is 0. The number of imide groups is 1. The molecule has 5 rings (SSSR count). The number of carbonyl (C=O) groups is 2. The van der Waals surface area contributed by atoms with Gasteiger partial charge in [-0.05, 0) is 66.4 Å². The monoisotopic (exact) mass is 458 g/mol. The maximum absolute atomic E-state index is 13.7. The minimum Gasteiger partial charge on any atom is -0.494 e. The molecule has 0 aliphatic carbocycles. The number of nitrogens with zero attached hydrogens (tertiary/aromatic N) is 2. The van der Waals surface area contributed by atoms with E-state index in [0.717, 1.165) is 6.42 Å². The Morgan fingerprint density at radius 2 is 1.58 bits per heavy atom. The average molecular weight is 459 g/mol. The van der Waals surface area contributed by atoms with Gasteiger partial charge in [-0.2, -0.15) is 0 Å². The van der Waals surface area contributed by atoms with Gasteiger partial charge in [-0.15, -0.1) is 0 Å². The highest BCUT2D eigenvalue weighted by molar-refractivity contribution is 6.45. The Morgan fingerprint density at radius 1 is 0.879 bits per heavy atom. The van der Waals surface area contributed by atoms with Gasteiger partial charge in [0.1, 0.15) is 11.4 Å². The van der Waals surface area contributed by atoms with E-state index in [9.17, 15) is 9.59 Å². The summed E-state index contributed by atoms with van der Waals surface area (Å²) >= 11 is 6.09. The van der Waals surface area contributed by atoms with Crippen LogP contribution in [0.3, 0.4) is 0 Å². The van der Waals surface area contributed by atoms with Crippen molar-refractivity contribution in [2.45, 2.75) is 19.9 Å². The van der Waals surface area contributed by atoms with E-state index in [-0.39, 0.29) is 11.8 Å². The molecule has 0 saturated heterocycles. The lowest BCUT2D eigenvalue weighted by atomic mass is 9.98. The van der Waals surface area contributed by atoms with E-state index in [2.05, 4.69) is 12.1 Å². The molecule has 2 aliphatic rings.